The Balaban J connectivity index is 1.46. The molecule has 0 aromatic carbocycles. The second-order valence-corrected chi connectivity index (χ2v) is 7.09. The van der Waals surface area contributed by atoms with Crippen molar-refractivity contribution in [1.29, 1.82) is 0 Å². The maximum atomic E-state index is 5.67. The molecule has 4 heteroatoms. The lowest BCUT2D eigenvalue weighted by Gasteiger charge is -2.31. The van der Waals surface area contributed by atoms with Gasteiger partial charge in [0.1, 0.15) is 0 Å². The molecule has 21 heavy (non-hydrogen) atoms. The maximum Gasteiger partial charge on any atom is 0.0771 e. The van der Waals surface area contributed by atoms with E-state index in [1.54, 1.807) is 0 Å². The molecule has 2 heterocycles. The average molecular weight is 291 g/mol. The van der Waals surface area contributed by atoms with Crippen LogP contribution in [-0.2, 0) is 11.3 Å². The average Bonchev–Trinajstić information content (AvgIpc) is 3.12. The largest absolute Gasteiger partial charge is 0.380 e. The summed E-state index contributed by atoms with van der Waals surface area (Å²) in [5, 5.41) is 8.12. The van der Waals surface area contributed by atoms with Crippen molar-refractivity contribution in [2.75, 3.05) is 11.9 Å². The number of nitrogens with one attached hydrogen (secondary N) is 1. The number of aromatic nitrogens is 2. The minimum absolute atomic E-state index is 0.360. The first-order valence-corrected chi connectivity index (χ1v) is 8.61. The zero-order valence-electron chi connectivity index (χ0n) is 13.4. The number of ether oxygens (including phenoxy) is 1. The molecule has 2 aliphatic rings. The fraction of sp³-hybridized carbons (Fsp3) is 0.824. The van der Waals surface area contributed by atoms with Crippen LogP contribution in [-0.4, -0.2) is 28.5 Å². The summed E-state index contributed by atoms with van der Waals surface area (Å²) in [6.45, 7) is 6.51. The van der Waals surface area contributed by atoms with E-state index in [2.05, 4.69) is 30.5 Å². The lowest BCUT2D eigenvalue weighted by atomic mass is 9.80. The van der Waals surface area contributed by atoms with Crippen molar-refractivity contribution in [2.24, 2.45) is 11.8 Å². The summed E-state index contributed by atoms with van der Waals surface area (Å²) in [5.41, 5.74) is 1.17. The Morgan fingerprint density at radius 3 is 2.76 bits per heavy atom. The number of nitrogens with zero attached hydrogens (tertiary/aromatic N) is 2. The lowest BCUT2D eigenvalue weighted by Crippen LogP contribution is -2.27. The molecule has 2 fully saturated rings. The molecule has 1 saturated carbocycles. The lowest BCUT2D eigenvalue weighted by molar-refractivity contribution is 0.0940. The van der Waals surface area contributed by atoms with Gasteiger partial charge in [0.25, 0.3) is 0 Å². The van der Waals surface area contributed by atoms with E-state index in [0.717, 1.165) is 25.0 Å². The van der Waals surface area contributed by atoms with Crippen molar-refractivity contribution in [1.82, 2.24) is 9.78 Å². The summed E-state index contributed by atoms with van der Waals surface area (Å²) in [4.78, 5) is 0. The van der Waals surface area contributed by atoms with Crippen LogP contribution in [0.3, 0.4) is 0 Å². The van der Waals surface area contributed by atoms with Crippen molar-refractivity contribution in [3.05, 3.63) is 12.4 Å². The Hall–Kier alpha value is -1.03. The molecule has 118 valence electrons. The van der Waals surface area contributed by atoms with Gasteiger partial charge in [0.05, 0.1) is 24.5 Å². The Kier molecular flexibility index (Phi) is 4.84. The SMILES string of the molecule is CC(C)C1CCC(Nc2cnn(CC3CCCO3)c2)CC1. The third-order valence-corrected chi connectivity index (χ3v) is 5.13. The van der Waals surface area contributed by atoms with Gasteiger partial charge < -0.3 is 10.1 Å². The Bertz CT molecular complexity index is 429. The van der Waals surface area contributed by atoms with E-state index in [1.165, 1.54) is 44.2 Å². The van der Waals surface area contributed by atoms with Gasteiger partial charge in [0, 0.05) is 18.8 Å². The van der Waals surface area contributed by atoms with Crippen LogP contribution in [0.1, 0.15) is 52.4 Å². The molecule has 0 radical (unpaired) electrons. The Morgan fingerprint density at radius 2 is 2.10 bits per heavy atom. The number of rotatable bonds is 5. The van der Waals surface area contributed by atoms with Crippen LogP contribution in [0.4, 0.5) is 5.69 Å². The van der Waals surface area contributed by atoms with Crippen LogP contribution in [0.15, 0.2) is 12.4 Å². The van der Waals surface area contributed by atoms with Gasteiger partial charge >= 0.3 is 0 Å². The summed E-state index contributed by atoms with van der Waals surface area (Å²) in [6.07, 6.45) is 12.1. The monoisotopic (exact) mass is 291 g/mol. The summed E-state index contributed by atoms with van der Waals surface area (Å²) in [7, 11) is 0. The highest BCUT2D eigenvalue weighted by Crippen LogP contribution is 2.31. The molecule has 1 aliphatic carbocycles. The van der Waals surface area contributed by atoms with E-state index in [1.807, 2.05) is 10.9 Å². The smallest absolute Gasteiger partial charge is 0.0771 e. The molecular formula is C17H29N3O. The molecular weight excluding hydrogens is 262 g/mol. The molecule has 4 nitrogen and oxygen atoms in total. The quantitative estimate of drug-likeness (QED) is 0.899. The van der Waals surface area contributed by atoms with Crippen molar-refractivity contribution < 1.29 is 4.74 Å². The van der Waals surface area contributed by atoms with E-state index in [4.69, 9.17) is 4.74 Å². The summed E-state index contributed by atoms with van der Waals surface area (Å²) < 4.78 is 7.69. The highest BCUT2D eigenvalue weighted by molar-refractivity contribution is 5.39. The Labute approximate surface area is 128 Å². The van der Waals surface area contributed by atoms with E-state index in [0.29, 0.717) is 12.1 Å². The van der Waals surface area contributed by atoms with Gasteiger partial charge in [-0.3, -0.25) is 4.68 Å². The summed E-state index contributed by atoms with van der Waals surface area (Å²) >= 11 is 0. The molecule has 1 aromatic rings. The third kappa shape index (κ3) is 4.00. The van der Waals surface area contributed by atoms with Gasteiger partial charge in [-0.1, -0.05) is 13.8 Å². The van der Waals surface area contributed by atoms with Crippen molar-refractivity contribution in [3.63, 3.8) is 0 Å². The first-order chi connectivity index (χ1) is 10.2. The molecule has 0 bridgehead atoms. The second-order valence-electron chi connectivity index (χ2n) is 7.09. The normalized spacial score (nSPS) is 30.0. The summed E-state index contributed by atoms with van der Waals surface area (Å²) in [6, 6.07) is 0.625. The van der Waals surface area contributed by atoms with Crippen molar-refractivity contribution in [3.8, 4) is 0 Å². The van der Waals surface area contributed by atoms with Crippen molar-refractivity contribution >= 4 is 5.69 Å². The minimum Gasteiger partial charge on any atom is -0.380 e. The number of hydrogen-bond acceptors (Lipinski definition) is 3. The van der Waals surface area contributed by atoms with Crippen LogP contribution in [0.5, 0.6) is 0 Å². The predicted molar refractivity (Wildman–Crippen MR) is 85.4 cm³/mol. The molecule has 1 N–H and O–H groups in total. The van der Waals surface area contributed by atoms with E-state index >= 15 is 0 Å². The van der Waals surface area contributed by atoms with E-state index in [-0.39, 0.29) is 0 Å². The van der Waals surface area contributed by atoms with Gasteiger partial charge in [0.2, 0.25) is 0 Å². The number of anilines is 1. The fourth-order valence-corrected chi connectivity index (χ4v) is 3.70. The van der Waals surface area contributed by atoms with Gasteiger partial charge in [-0.05, 0) is 50.4 Å². The third-order valence-electron chi connectivity index (χ3n) is 5.13. The molecule has 0 amide bonds. The fourth-order valence-electron chi connectivity index (χ4n) is 3.70. The maximum absolute atomic E-state index is 5.67. The predicted octanol–water partition coefficient (Wildman–Crippen LogP) is 3.69. The molecule has 1 atom stereocenters. The van der Waals surface area contributed by atoms with Gasteiger partial charge in [-0.15, -0.1) is 0 Å². The molecule has 0 spiro atoms. The van der Waals surface area contributed by atoms with Gasteiger partial charge in [0.15, 0.2) is 0 Å². The van der Waals surface area contributed by atoms with Gasteiger partial charge in [-0.25, -0.2) is 0 Å². The zero-order valence-corrected chi connectivity index (χ0v) is 13.4. The van der Waals surface area contributed by atoms with Gasteiger partial charge in [-0.2, -0.15) is 5.10 Å². The van der Waals surface area contributed by atoms with E-state index in [9.17, 15) is 0 Å². The molecule has 1 aromatic heterocycles. The Morgan fingerprint density at radius 1 is 1.29 bits per heavy atom. The van der Waals surface area contributed by atoms with E-state index < -0.39 is 0 Å². The zero-order chi connectivity index (χ0) is 14.7. The molecule has 1 unspecified atom stereocenters. The highest BCUT2D eigenvalue weighted by atomic mass is 16.5. The standard InChI is InChI=1S/C17H29N3O/c1-13(2)14-5-7-15(8-6-14)19-16-10-18-20(11-16)12-17-4-3-9-21-17/h10-11,13-15,17,19H,3-9,12H2,1-2H3. The highest BCUT2D eigenvalue weighted by Gasteiger charge is 2.23. The van der Waals surface area contributed by atoms with Crippen LogP contribution in [0.25, 0.3) is 0 Å². The van der Waals surface area contributed by atoms with Crippen LogP contribution < -0.4 is 5.32 Å². The molecule has 3 rings (SSSR count). The second kappa shape index (κ2) is 6.82. The first kappa shape index (κ1) is 14.9. The number of hydrogen-bond donors (Lipinski definition) is 1. The molecule has 1 saturated heterocycles. The summed E-state index contributed by atoms with van der Waals surface area (Å²) in [5.74, 6) is 1.76. The van der Waals surface area contributed by atoms with Crippen LogP contribution >= 0.6 is 0 Å². The minimum atomic E-state index is 0.360. The first-order valence-electron chi connectivity index (χ1n) is 8.61. The molecule has 1 aliphatic heterocycles. The van der Waals surface area contributed by atoms with Crippen LogP contribution in [0.2, 0.25) is 0 Å². The van der Waals surface area contributed by atoms with Crippen molar-refractivity contribution in [2.45, 2.75) is 71.1 Å². The van der Waals surface area contributed by atoms with Crippen LogP contribution in [0, 0.1) is 11.8 Å². The topological polar surface area (TPSA) is 39.1 Å².